The molecule has 5 heteroatoms. The van der Waals surface area contributed by atoms with Crippen molar-refractivity contribution in [3.05, 3.63) is 72.3 Å². The Morgan fingerprint density at radius 1 is 1.27 bits per heavy atom. The smallest absolute Gasteiger partial charge is 0.253 e. The summed E-state index contributed by atoms with van der Waals surface area (Å²) in [5, 5.41) is 3.24. The SMILES string of the molecule is C[C@@H]1CN(Cc2ccccn2)CC[C@H]1NC(=O)c1cc2ccccn2c1. The van der Waals surface area contributed by atoms with Crippen LogP contribution in [0, 0.1) is 5.92 Å². The molecule has 1 saturated heterocycles. The highest BCUT2D eigenvalue weighted by atomic mass is 16.1. The fourth-order valence-corrected chi connectivity index (χ4v) is 3.74. The summed E-state index contributed by atoms with van der Waals surface area (Å²) in [6, 6.07) is 14.2. The van der Waals surface area contributed by atoms with Gasteiger partial charge in [0.2, 0.25) is 0 Å². The van der Waals surface area contributed by atoms with Crippen molar-refractivity contribution >= 4 is 11.4 Å². The van der Waals surface area contributed by atoms with Crippen LogP contribution < -0.4 is 5.32 Å². The molecule has 5 nitrogen and oxygen atoms in total. The van der Waals surface area contributed by atoms with Gasteiger partial charge in [-0.15, -0.1) is 0 Å². The van der Waals surface area contributed by atoms with E-state index in [1.807, 2.05) is 59.4 Å². The minimum absolute atomic E-state index is 0.0173. The summed E-state index contributed by atoms with van der Waals surface area (Å²) in [5.41, 5.74) is 2.86. The molecule has 1 N–H and O–H groups in total. The number of aromatic nitrogens is 2. The lowest BCUT2D eigenvalue weighted by Gasteiger charge is -2.37. The number of rotatable bonds is 4. The molecule has 1 aliphatic heterocycles. The summed E-state index contributed by atoms with van der Waals surface area (Å²) in [5.74, 6) is 0.428. The van der Waals surface area contributed by atoms with Crippen molar-refractivity contribution in [2.75, 3.05) is 13.1 Å². The second-order valence-electron chi connectivity index (χ2n) is 7.16. The molecule has 4 heterocycles. The van der Waals surface area contributed by atoms with E-state index in [2.05, 4.69) is 28.2 Å². The molecule has 0 bridgehead atoms. The molecule has 0 aromatic carbocycles. The quantitative estimate of drug-likeness (QED) is 0.789. The Kier molecular flexibility index (Phi) is 4.71. The van der Waals surface area contributed by atoms with Gasteiger partial charge in [-0.2, -0.15) is 0 Å². The Morgan fingerprint density at radius 3 is 2.92 bits per heavy atom. The zero-order valence-corrected chi connectivity index (χ0v) is 15.0. The summed E-state index contributed by atoms with van der Waals surface area (Å²) >= 11 is 0. The Hall–Kier alpha value is -2.66. The van der Waals surface area contributed by atoms with E-state index in [1.54, 1.807) is 0 Å². The standard InChI is InChI=1S/C21H24N4O/c1-16-13-24(15-18-6-2-4-9-22-18)11-8-20(16)23-21(26)17-12-19-7-3-5-10-25(19)14-17/h2-7,9-10,12,14,16,20H,8,11,13,15H2,1H3,(H,23,26)/t16-,20-/m1/s1. The van der Waals surface area contributed by atoms with Gasteiger partial charge in [0.05, 0.1) is 11.3 Å². The van der Waals surface area contributed by atoms with Crippen LogP contribution in [-0.4, -0.2) is 39.3 Å². The number of hydrogen-bond donors (Lipinski definition) is 1. The molecule has 1 fully saturated rings. The predicted molar refractivity (Wildman–Crippen MR) is 102 cm³/mol. The maximum Gasteiger partial charge on any atom is 0.253 e. The maximum atomic E-state index is 12.7. The first-order chi connectivity index (χ1) is 12.7. The first kappa shape index (κ1) is 16.8. The molecule has 3 aromatic heterocycles. The van der Waals surface area contributed by atoms with E-state index < -0.39 is 0 Å². The molecule has 3 aromatic rings. The van der Waals surface area contributed by atoms with Crippen LogP contribution in [-0.2, 0) is 6.54 Å². The van der Waals surface area contributed by atoms with E-state index >= 15 is 0 Å². The van der Waals surface area contributed by atoms with Crippen LogP contribution in [0.5, 0.6) is 0 Å². The van der Waals surface area contributed by atoms with Gasteiger partial charge < -0.3 is 9.72 Å². The summed E-state index contributed by atoms with van der Waals surface area (Å²) in [4.78, 5) is 19.5. The molecule has 1 aliphatic rings. The van der Waals surface area contributed by atoms with Gasteiger partial charge in [0, 0.05) is 49.8 Å². The molecule has 0 radical (unpaired) electrons. The lowest BCUT2D eigenvalue weighted by molar-refractivity contribution is 0.0859. The first-order valence-electron chi connectivity index (χ1n) is 9.19. The minimum Gasteiger partial charge on any atom is -0.349 e. The van der Waals surface area contributed by atoms with Gasteiger partial charge in [0.1, 0.15) is 0 Å². The number of likely N-dealkylation sites (tertiary alicyclic amines) is 1. The van der Waals surface area contributed by atoms with Crippen LogP contribution in [0.2, 0.25) is 0 Å². The molecule has 2 atom stereocenters. The number of amides is 1. The number of piperidine rings is 1. The summed E-state index contributed by atoms with van der Waals surface area (Å²) in [6.07, 6.45) is 6.66. The zero-order chi connectivity index (χ0) is 17.9. The molecule has 0 aliphatic carbocycles. The van der Waals surface area contributed by atoms with Crippen LogP contribution in [0.25, 0.3) is 5.52 Å². The topological polar surface area (TPSA) is 49.6 Å². The van der Waals surface area contributed by atoms with Crippen LogP contribution in [0.4, 0.5) is 0 Å². The number of hydrogen-bond acceptors (Lipinski definition) is 3. The fourth-order valence-electron chi connectivity index (χ4n) is 3.74. The number of carbonyl (C=O) groups excluding carboxylic acids is 1. The Morgan fingerprint density at radius 2 is 2.15 bits per heavy atom. The first-order valence-corrected chi connectivity index (χ1v) is 9.19. The second kappa shape index (κ2) is 7.30. The number of nitrogens with one attached hydrogen (secondary N) is 1. The van der Waals surface area contributed by atoms with Crippen LogP contribution in [0.3, 0.4) is 0 Å². The normalized spacial score (nSPS) is 21.0. The van der Waals surface area contributed by atoms with Crippen molar-refractivity contribution in [3.63, 3.8) is 0 Å². The molecular weight excluding hydrogens is 324 g/mol. The van der Waals surface area contributed by atoms with Gasteiger partial charge >= 0.3 is 0 Å². The Balaban J connectivity index is 1.36. The molecule has 4 rings (SSSR count). The molecular formula is C21H24N4O. The molecule has 0 saturated carbocycles. The van der Waals surface area contributed by atoms with Gasteiger partial charge in [-0.3, -0.25) is 14.7 Å². The third-order valence-corrected chi connectivity index (χ3v) is 5.18. The summed E-state index contributed by atoms with van der Waals surface area (Å²) in [6.45, 7) is 5.03. The molecule has 1 amide bonds. The van der Waals surface area contributed by atoms with Crippen molar-refractivity contribution in [3.8, 4) is 0 Å². The van der Waals surface area contributed by atoms with Crippen molar-refractivity contribution in [1.82, 2.24) is 19.6 Å². The fraction of sp³-hybridized carbons (Fsp3) is 0.333. The lowest BCUT2D eigenvalue weighted by atomic mass is 9.93. The van der Waals surface area contributed by atoms with Gasteiger partial charge in [-0.05, 0) is 42.7 Å². The van der Waals surface area contributed by atoms with Crippen molar-refractivity contribution in [1.29, 1.82) is 0 Å². The third kappa shape index (κ3) is 3.63. The van der Waals surface area contributed by atoms with Crippen molar-refractivity contribution in [2.45, 2.75) is 25.9 Å². The third-order valence-electron chi connectivity index (χ3n) is 5.18. The lowest BCUT2D eigenvalue weighted by Crippen LogP contribution is -2.49. The average molecular weight is 348 g/mol. The van der Waals surface area contributed by atoms with E-state index in [-0.39, 0.29) is 11.9 Å². The van der Waals surface area contributed by atoms with Crippen LogP contribution >= 0.6 is 0 Å². The highest BCUT2D eigenvalue weighted by Gasteiger charge is 2.27. The Bertz CT molecular complexity index is 856. The number of pyridine rings is 2. The van der Waals surface area contributed by atoms with E-state index in [0.29, 0.717) is 5.92 Å². The van der Waals surface area contributed by atoms with E-state index in [0.717, 1.165) is 42.8 Å². The highest BCUT2D eigenvalue weighted by molar-refractivity contribution is 5.95. The monoisotopic (exact) mass is 348 g/mol. The van der Waals surface area contributed by atoms with Crippen LogP contribution in [0.15, 0.2) is 61.1 Å². The molecule has 0 unspecified atom stereocenters. The van der Waals surface area contributed by atoms with Crippen molar-refractivity contribution in [2.24, 2.45) is 5.92 Å². The van der Waals surface area contributed by atoms with Crippen LogP contribution in [0.1, 0.15) is 29.4 Å². The van der Waals surface area contributed by atoms with Gasteiger partial charge in [0.15, 0.2) is 0 Å². The highest BCUT2D eigenvalue weighted by Crippen LogP contribution is 2.19. The Labute approximate surface area is 153 Å². The minimum atomic E-state index is 0.0173. The van der Waals surface area contributed by atoms with E-state index in [9.17, 15) is 4.79 Å². The van der Waals surface area contributed by atoms with Gasteiger partial charge in [-0.1, -0.05) is 19.1 Å². The van der Waals surface area contributed by atoms with Crippen molar-refractivity contribution < 1.29 is 4.79 Å². The van der Waals surface area contributed by atoms with E-state index in [1.165, 1.54) is 0 Å². The van der Waals surface area contributed by atoms with Gasteiger partial charge in [0.25, 0.3) is 5.91 Å². The number of nitrogens with zero attached hydrogens (tertiary/aromatic N) is 3. The van der Waals surface area contributed by atoms with E-state index in [4.69, 9.17) is 0 Å². The van der Waals surface area contributed by atoms with Gasteiger partial charge in [-0.25, -0.2) is 0 Å². The predicted octanol–water partition coefficient (Wildman–Crippen LogP) is 2.97. The average Bonchev–Trinajstić information content (AvgIpc) is 3.09. The largest absolute Gasteiger partial charge is 0.349 e. The molecule has 134 valence electrons. The second-order valence-corrected chi connectivity index (χ2v) is 7.16. The number of carbonyl (C=O) groups is 1. The zero-order valence-electron chi connectivity index (χ0n) is 15.0. The molecule has 0 spiro atoms. The number of fused-ring (bicyclic) bond motifs is 1. The summed E-state index contributed by atoms with van der Waals surface area (Å²) < 4.78 is 1.98. The maximum absolute atomic E-state index is 12.7. The summed E-state index contributed by atoms with van der Waals surface area (Å²) in [7, 11) is 0. The molecule has 26 heavy (non-hydrogen) atoms.